The number of nitriles is 1. The lowest BCUT2D eigenvalue weighted by molar-refractivity contribution is -0.149. The number of allylic oxidation sites excluding steroid dienone is 1. The molecule has 3 unspecified atom stereocenters. The normalized spacial score (nSPS) is 15.7. The molecular formula is C46H46Cl2N4O7. The largest absolute Gasteiger partial charge is 0.457 e. The smallest absolute Gasteiger partial charge is 0.338 e. The van der Waals surface area contributed by atoms with Gasteiger partial charge in [-0.1, -0.05) is 103 Å². The van der Waals surface area contributed by atoms with Crippen molar-refractivity contribution in [2.45, 2.75) is 59.9 Å². The average Bonchev–Trinajstić information content (AvgIpc) is 3.62. The van der Waals surface area contributed by atoms with Crippen LogP contribution in [0.3, 0.4) is 0 Å². The predicted molar refractivity (Wildman–Crippen MR) is 226 cm³/mol. The number of para-hydroxylation sites is 2. The van der Waals surface area contributed by atoms with Gasteiger partial charge in [-0.3, -0.25) is 4.79 Å². The third kappa shape index (κ3) is 12.5. The van der Waals surface area contributed by atoms with Crippen LogP contribution < -0.4 is 9.47 Å². The maximum atomic E-state index is 12.6. The van der Waals surface area contributed by atoms with Crippen LogP contribution in [0.2, 0.25) is 0 Å². The van der Waals surface area contributed by atoms with Crippen LogP contribution in [0.25, 0.3) is 0 Å². The second-order valence-electron chi connectivity index (χ2n) is 15.3. The Hall–Kier alpha value is -6.09. The van der Waals surface area contributed by atoms with Crippen LogP contribution >= 0.6 is 23.2 Å². The van der Waals surface area contributed by atoms with Gasteiger partial charge in [0, 0.05) is 12.6 Å². The first-order valence-corrected chi connectivity index (χ1v) is 19.5. The Morgan fingerprint density at radius 1 is 0.915 bits per heavy atom. The van der Waals surface area contributed by atoms with Crippen molar-refractivity contribution < 1.29 is 33.4 Å². The molecule has 4 aromatic carbocycles. The second kappa shape index (κ2) is 19.6. The van der Waals surface area contributed by atoms with Gasteiger partial charge < -0.3 is 23.8 Å². The monoisotopic (exact) mass is 836 g/mol. The van der Waals surface area contributed by atoms with Crippen molar-refractivity contribution in [3.05, 3.63) is 148 Å². The number of halogens is 2. The number of ether oxygens (including phenoxy) is 4. The Kier molecular flexibility index (Phi) is 14.6. The maximum Gasteiger partial charge on any atom is 0.338 e. The van der Waals surface area contributed by atoms with Crippen LogP contribution in [0, 0.1) is 35.5 Å². The number of hydrogen-bond donors (Lipinski definition) is 0. The zero-order valence-electron chi connectivity index (χ0n) is 33.9. The fraction of sp³-hybridized carbons (Fsp3) is 0.283. The lowest BCUT2D eigenvalue weighted by atomic mass is 10.1. The van der Waals surface area contributed by atoms with Gasteiger partial charge in [0.2, 0.25) is 12.0 Å². The Morgan fingerprint density at radius 3 is 2.12 bits per heavy atom. The molecular weight excluding hydrogens is 791 g/mol. The van der Waals surface area contributed by atoms with E-state index < -0.39 is 17.7 Å². The number of benzene rings is 4. The van der Waals surface area contributed by atoms with Crippen molar-refractivity contribution in [3.63, 3.8) is 0 Å². The summed E-state index contributed by atoms with van der Waals surface area (Å²) in [6.07, 6.45) is 2.21. The van der Waals surface area contributed by atoms with Gasteiger partial charge in [-0.05, 0) is 99.2 Å². The van der Waals surface area contributed by atoms with E-state index in [4.69, 9.17) is 47.0 Å². The minimum absolute atomic E-state index is 0.114. The zero-order chi connectivity index (χ0) is 42.7. The average molecular weight is 838 g/mol. The number of aromatic nitrogens is 2. The van der Waals surface area contributed by atoms with Gasteiger partial charge in [0.1, 0.15) is 40.0 Å². The summed E-state index contributed by atoms with van der Waals surface area (Å²) in [5.74, 6) is 1.23. The van der Waals surface area contributed by atoms with E-state index >= 15 is 0 Å². The molecule has 1 aromatic heterocycles. The summed E-state index contributed by atoms with van der Waals surface area (Å²) in [5, 5.41) is 18.0. The topological polar surface area (TPSA) is 134 Å². The number of carbonyl (C=O) groups excluding carboxylic acids is 2. The van der Waals surface area contributed by atoms with Gasteiger partial charge in [0.05, 0.1) is 29.0 Å². The molecule has 1 aliphatic rings. The molecule has 11 nitrogen and oxygen atoms in total. The standard InChI is InChI=1S/C24H27N3O4.C22H19Cl2NO3/c1-17-21(22(27(5)26-17)30-20-9-7-6-8-10-20)15-25-29-16-18-11-13-19(14-12-18)23(28)31-24(2,3)4;1-22(2)17(12-19(23)24)20(22)21(26)28-18(13-25)14-7-6-10-16(11-14)27-15-8-4-3-5-9-15/h6-15H,16H2,1-5H3;3-12,17-18,20H,1-2H3/b25-15+;. The fourth-order valence-corrected chi connectivity index (χ4v) is 6.37. The summed E-state index contributed by atoms with van der Waals surface area (Å²) in [6.45, 7) is 11.5. The van der Waals surface area contributed by atoms with Crippen molar-refractivity contribution in [1.82, 2.24) is 9.78 Å². The molecule has 1 heterocycles. The van der Waals surface area contributed by atoms with Gasteiger partial charge in [0.15, 0.2) is 0 Å². The molecule has 0 spiro atoms. The van der Waals surface area contributed by atoms with E-state index in [2.05, 4.69) is 10.3 Å². The van der Waals surface area contributed by atoms with Crippen molar-refractivity contribution in [3.8, 4) is 29.2 Å². The first-order chi connectivity index (χ1) is 28.0. The van der Waals surface area contributed by atoms with Crippen LogP contribution in [0.1, 0.15) is 73.5 Å². The number of rotatable bonds is 13. The molecule has 3 atom stereocenters. The van der Waals surface area contributed by atoms with E-state index in [0.717, 1.165) is 16.8 Å². The predicted octanol–water partition coefficient (Wildman–Crippen LogP) is 11.2. The lowest BCUT2D eigenvalue weighted by Crippen LogP contribution is -2.23. The van der Waals surface area contributed by atoms with E-state index in [0.29, 0.717) is 34.3 Å². The number of aryl methyl sites for hydroxylation is 2. The van der Waals surface area contributed by atoms with E-state index in [-0.39, 0.29) is 34.3 Å². The quantitative estimate of drug-likeness (QED) is 0.0645. The van der Waals surface area contributed by atoms with Gasteiger partial charge >= 0.3 is 11.9 Å². The van der Waals surface area contributed by atoms with Crippen molar-refractivity contribution in [2.24, 2.45) is 29.5 Å². The highest BCUT2D eigenvalue weighted by Gasteiger charge is 2.62. The molecule has 0 aliphatic heterocycles. The van der Waals surface area contributed by atoms with Crippen molar-refractivity contribution >= 4 is 41.4 Å². The first-order valence-electron chi connectivity index (χ1n) is 18.8. The van der Waals surface area contributed by atoms with E-state index in [1.54, 1.807) is 53.4 Å². The van der Waals surface area contributed by atoms with E-state index in [1.165, 1.54) is 0 Å². The van der Waals surface area contributed by atoms with E-state index in [9.17, 15) is 14.9 Å². The Morgan fingerprint density at radius 2 is 1.53 bits per heavy atom. The third-order valence-corrected chi connectivity index (χ3v) is 9.46. The molecule has 1 saturated carbocycles. The summed E-state index contributed by atoms with van der Waals surface area (Å²) in [6, 6.07) is 34.8. The van der Waals surface area contributed by atoms with Crippen LogP contribution in [0.5, 0.6) is 23.1 Å². The lowest BCUT2D eigenvalue weighted by Gasteiger charge is -2.19. The van der Waals surface area contributed by atoms with Gasteiger partial charge in [-0.2, -0.15) is 10.4 Å². The molecule has 59 heavy (non-hydrogen) atoms. The maximum absolute atomic E-state index is 12.6. The Bertz CT molecular complexity index is 2310. The van der Waals surface area contributed by atoms with Crippen molar-refractivity contribution in [2.75, 3.05) is 0 Å². The summed E-state index contributed by atoms with van der Waals surface area (Å²) >= 11 is 11.5. The SMILES string of the molecule is CC1(C)C(C=C(Cl)Cl)C1C(=O)OC(C#N)c1cccc(Oc2ccccc2)c1.Cc1nn(C)c(Oc2ccccc2)c1/C=N/OCc1ccc(C(=O)OC(C)(C)C)cc1. The number of nitrogens with zero attached hydrogens (tertiary/aromatic N) is 4. The minimum atomic E-state index is -1.03. The molecule has 1 fully saturated rings. The summed E-state index contributed by atoms with van der Waals surface area (Å²) < 4.78 is 24.4. The molecule has 0 N–H and O–H groups in total. The molecule has 13 heteroatoms. The first kappa shape index (κ1) is 44.0. The van der Waals surface area contributed by atoms with Crippen LogP contribution in [-0.4, -0.2) is 33.5 Å². The van der Waals surface area contributed by atoms with Crippen molar-refractivity contribution in [1.29, 1.82) is 5.26 Å². The highest BCUT2D eigenvalue weighted by atomic mass is 35.5. The molecule has 306 valence electrons. The number of esters is 2. The number of oxime groups is 1. The molecule has 1 aliphatic carbocycles. The second-order valence-corrected chi connectivity index (χ2v) is 16.3. The van der Waals surface area contributed by atoms with Gasteiger partial charge in [0.25, 0.3) is 0 Å². The summed E-state index contributed by atoms with van der Waals surface area (Å²) in [4.78, 5) is 30.1. The minimum Gasteiger partial charge on any atom is -0.457 e. The molecule has 6 rings (SSSR count). The van der Waals surface area contributed by atoms with Gasteiger partial charge in [-0.25, -0.2) is 9.48 Å². The molecule has 0 saturated heterocycles. The Balaban J connectivity index is 0.000000225. The highest BCUT2D eigenvalue weighted by Crippen LogP contribution is 2.60. The zero-order valence-corrected chi connectivity index (χ0v) is 35.4. The third-order valence-electron chi connectivity index (χ3n) is 9.21. The summed E-state index contributed by atoms with van der Waals surface area (Å²) in [5.41, 5.74) is 2.61. The number of carbonyl (C=O) groups is 2. The molecule has 0 bridgehead atoms. The van der Waals surface area contributed by atoms with E-state index in [1.807, 2.05) is 127 Å². The molecule has 0 radical (unpaired) electrons. The fourth-order valence-electron chi connectivity index (χ4n) is 6.10. The van der Waals surface area contributed by atoms with Gasteiger partial charge in [-0.15, -0.1) is 0 Å². The molecule has 0 amide bonds. The highest BCUT2D eigenvalue weighted by molar-refractivity contribution is 6.55. The van der Waals surface area contributed by atoms with Crippen LogP contribution in [0.4, 0.5) is 0 Å². The van der Waals surface area contributed by atoms with Crippen LogP contribution in [0.15, 0.2) is 125 Å². The number of hydrogen-bond acceptors (Lipinski definition) is 10. The molecule has 5 aromatic rings. The Labute approximate surface area is 354 Å². The van der Waals surface area contributed by atoms with Crippen LogP contribution in [-0.2, 0) is 32.8 Å². The summed E-state index contributed by atoms with van der Waals surface area (Å²) in [7, 11) is 1.82.